The van der Waals surface area contributed by atoms with Crippen LogP contribution in [0, 0.1) is 0 Å². The number of hydrogen-bond acceptors (Lipinski definition) is 1. The van der Waals surface area contributed by atoms with Crippen molar-refractivity contribution in [3.05, 3.63) is 60.2 Å². The van der Waals surface area contributed by atoms with Crippen LogP contribution in [0.25, 0.3) is 21.5 Å². The van der Waals surface area contributed by atoms with Gasteiger partial charge in [-0.25, -0.2) is 0 Å². The molecule has 0 aliphatic heterocycles. The van der Waals surface area contributed by atoms with Gasteiger partial charge in [0.15, 0.2) is 0 Å². The van der Waals surface area contributed by atoms with Gasteiger partial charge in [-0.3, -0.25) is 0 Å². The van der Waals surface area contributed by atoms with E-state index in [1.54, 1.807) is 0 Å². The van der Waals surface area contributed by atoms with Crippen molar-refractivity contribution in [2.75, 3.05) is 6.61 Å². The minimum absolute atomic E-state index is 0.679. The molecular weight excluding hydrogens is 220 g/mol. The molecule has 18 heavy (non-hydrogen) atoms. The van der Waals surface area contributed by atoms with Crippen LogP contribution in [-0.4, -0.2) is 6.61 Å². The molecule has 0 heterocycles. The molecular formula is C17H16O. The van der Waals surface area contributed by atoms with E-state index >= 15 is 0 Å². The van der Waals surface area contributed by atoms with Crippen LogP contribution < -0.4 is 0 Å². The average molecular weight is 236 g/mol. The maximum atomic E-state index is 5.64. The Bertz CT molecular complexity index is 631. The molecule has 0 bridgehead atoms. The molecule has 1 nitrogen and oxygen atoms in total. The van der Waals surface area contributed by atoms with Gasteiger partial charge in [-0.05, 0) is 40.1 Å². The number of rotatable bonds is 3. The molecule has 3 rings (SSSR count). The Hall–Kier alpha value is -1.86. The molecule has 0 radical (unpaired) electrons. The summed E-state index contributed by atoms with van der Waals surface area (Å²) in [6, 6.07) is 19.3. The molecule has 0 N–H and O–H groups in total. The van der Waals surface area contributed by atoms with Crippen LogP contribution in [0.1, 0.15) is 12.5 Å². The summed E-state index contributed by atoms with van der Waals surface area (Å²) in [7, 11) is 0. The number of hydrogen-bond donors (Lipinski definition) is 0. The summed E-state index contributed by atoms with van der Waals surface area (Å²) >= 11 is 0. The lowest BCUT2D eigenvalue weighted by atomic mass is 9.97. The fraction of sp³-hybridized carbons (Fsp3) is 0.176. The SMILES string of the molecule is CCOCc1c2ccccc2cc2ccccc12. The molecule has 0 amide bonds. The molecule has 3 aromatic carbocycles. The van der Waals surface area contributed by atoms with Gasteiger partial charge in [0.2, 0.25) is 0 Å². The number of fused-ring (bicyclic) bond motifs is 2. The predicted molar refractivity (Wildman–Crippen MR) is 76.8 cm³/mol. The smallest absolute Gasteiger partial charge is 0.0728 e. The van der Waals surface area contributed by atoms with Crippen LogP contribution in [0.5, 0.6) is 0 Å². The van der Waals surface area contributed by atoms with Gasteiger partial charge in [-0.1, -0.05) is 48.5 Å². The van der Waals surface area contributed by atoms with Gasteiger partial charge in [0.05, 0.1) is 6.61 Å². The van der Waals surface area contributed by atoms with Gasteiger partial charge in [0.1, 0.15) is 0 Å². The van der Waals surface area contributed by atoms with E-state index in [9.17, 15) is 0 Å². The van der Waals surface area contributed by atoms with Gasteiger partial charge >= 0.3 is 0 Å². The fourth-order valence-corrected chi connectivity index (χ4v) is 2.47. The van der Waals surface area contributed by atoms with Gasteiger partial charge < -0.3 is 4.74 Å². The Morgan fingerprint density at radius 3 is 1.94 bits per heavy atom. The van der Waals surface area contributed by atoms with E-state index in [0.717, 1.165) is 6.61 Å². The van der Waals surface area contributed by atoms with Gasteiger partial charge in [-0.15, -0.1) is 0 Å². The first-order valence-electron chi connectivity index (χ1n) is 6.37. The van der Waals surface area contributed by atoms with Crippen molar-refractivity contribution in [1.29, 1.82) is 0 Å². The lowest BCUT2D eigenvalue weighted by Crippen LogP contribution is -1.94. The average Bonchev–Trinajstić information content (AvgIpc) is 2.43. The molecule has 90 valence electrons. The van der Waals surface area contributed by atoms with E-state index in [-0.39, 0.29) is 0 Å². The molecule has 3 aromatic rings. The van der Waals surface area contributed by atoms with Crippen molar-refractivity contribution in [2.24, 2.45) is 0 Å². The zero-order valence-corrected chi connectivity index (χ0v) is 10.5. The summed E-state index contributed by atoms with van der Waals surface area (Å²) in [5.41, 5.74) is 1.30. The van der Waals surface area contributed by atoms with Crippen molar-refractivity contribution in [3.63, 3.8) is 0 Å². The van der Waals surface area contributed by atoms with E-state index in [1.807, 2.05) is 6.92 Å². The third-order valence-electron chi connectivity index (χ3n) is 3.33. The maximum absolute atomic E-state index is 5.64. The Balaban J connectivity index is 2.34. The standard InChI is InChI=1S/C17H16O/c1-2-18-12-17-15-9-5-3-7-13(15)11-14-8-4-6-10-16(14)17/h3-11H,2,12H2,1H3. The van der Waals surface area contributed by atoms with E-state index in [4.69, 9.17) is 4.74 Å². The molecule has 0 aromatic heterocycles. The highest BCUT2D eigenvalue weighted by molar-refractivity contribution is 6.02. The van der Waals surface area contributed by atoms with E-state index in [1.165, 1.54) is 27.1 Å². The third-order valence-corrected chi connectivity index (χ3v) is 3.33. The quantitative estimate of drug-likeness (QED) is 0.607. The number of ether oxygens (including phenoxy) is 1. The molecule has 1 heteroatoms. The zero-order chi connectivity index (χ0) is 12.4. The van der Waals surface area contributed by atoms with Crippen LogP contribution in [-0.2, 0) is 11.3 Å². The first-order valence-corrected chi connectivity index (χ1v) is 6.37. The first kappa shape index (κ1) is 11.2. The Morgan fingerprint density at radius 2 is 1.39 bits per heavy atom. The maximum Gasteiger partial charge on any atom is 0.0728 e. The van der Waals surface area contributed by atoms with E-state index < -0.39 is 0 Å². The second kappa shape index (κ2) is 4.79. The lowest BCUT2D eigenvalue weighted by Gasteiger charge is -2.11. The van der Waals surface area contributed by atoms with Gasteiger partial charge in [0, 0.05) is 6.61 Å². The van der Waals surface area contributed by atoms with Crippen molar-refractivity contribution >= 4 is 21.5 Å². The third kappa shape index (κ3) is 1.87. The summed E-state index contributed by atoms with van der Waals surface area (Å²) in [6.07, 6.45) is 0. The number of benzene rings is 3. The van der Waals surface area contributed by atoms with Gasteiger partial charge in [-0.2, -0.15) is 0 Å². The summed E-state index contributed by atoms with van der Waals surface area (Å²) in [6.45, 7) is 3.46. The Labute approximate surface area is 107 Å². The van der Waals surface area contributed by atoms with Crippen molar-refractivity contribution < 1.29 is 4.74 Å². The van der Waals surface area contributed by atoms with Crippen molar-refractivity contribution in [3.8, 4) is 0 Å². The molecule has 0 fully saturated rings. The zero-order valence-electron chi connectivity index (χ0n) is 10.5. The van der Waals surface area contributed by atoms with E-state index in [2.05, 4.69) is 54.6 Å². The van der Waals surface area contributed by atoms with Crippen LogP contribution >= 0.6 is 0 Å². The van der Waals surface area contributed by atoms with Gasteiger partial charge in [0.25, 0.3) is 0 Å². The molecule has 0 spiro atoms. The fourth-order valence-electron chi connectivity index (χ4n) is 2.47. The minimum atomic E-state index is 0.679. The van der Waals surface area contributed by atoms with Crippen LogP contribution in [0.15, 0.2) is 54.6 Å². The molecule has 0 aliphatic carbocycles. The second-order valence-corrected chi connectivity index (χ2v) is 4.43. The molecule has 0 saturated heterocycles. The highest BCUT2D eigenvalue weighted by Gasteiger charge is 2.06. The molecule has 0 aliphatic rings. The lowest BCUT2D eigenvalue weighted by molar-refractivity contribution is 0.136. The summed E-state index contributed by atoms with van der Waals surface area (Å²) in [5, 5.41) is 5.16. The Morgan fingerprint density at radius 1 is 0.833 bits per heavy atom. The largest absolute Gasteiger partial charge is 0.377 e. The highest BCUT2D eigenvalue weighted by Crippen LogP contribution is 2.28. The summed E-state index contributed by atoms with van der Waals surface area (Å²) in [5.74, 6) is 0. The topological polar surface area (TPSA) is 9.23 Å². The van der Waals surface area contributed by atoms with E-state index in [0.29, 0.717) is 6.61 Å². The predicted octanol–water partition coefficient (Wildman–Crippen LogP) is 4.53. The molecule has 0 saturated carbocycles. The summed E-state index contributed by atoms with van der Waals surface area (Å²) < 4.78 is 5.64. The second-order valence-electron chi connectivity index (χ2n) is 4.43. The van der Waals surface area contributed by atoms with Crippen molar-refractivity contribution in [1.82, 2.24) is 0 Å². The normalized spacial score (nSPS) is 11.2. The highest BCUT2D eigenvalue weighted by atomic mass is 16.5. The van der Waals surface area contributed by atoms with Crippen LogP contribution in [0.2, 0.25) is 0 Å². The minimum Gasteiger partial charge on any atom is -0.377 e. The molecule has 0 unspecified atom stereocenters. The Kier molecular flexibility index (Phi) is 2.99. The van der Waals surface area contributed by atoms with Crippen LogP contribution in [0.3, 0.4) is 0 Å². The monoisotopic (exact) mass is 236 g/mol. The van der Waals surface area contributed by atoms with Crippen molar-refractivity contribution in [2.45, 2.75) is 13.5 Å². The first-order chi connectivity index (χ1) is 8.90. The van der Waals surface area contributed by atoms with Crippen LogP contribution in [0.4, 0.5) is 0 Å². The summed E-state index contributed by atoms with van der Waals surface area (Å²) in [4.78, 5) is 0. The molecule has 0 atom stereocenters.